The van der Waals surface area contributed by atoms with Gasteiger partial charge in [0.25, 0.3) is 0 Å². The molecule has 1 heterocycles. The highest BCUT2D eigenvalue weighted by Gasteiger charge is 2.35. The van der Waals surface area contributed by atoms with Gasteiger partial charge >= 0.3 is 0 Å². The summed E-state index contributed by atoms with van der Waals surface area (Å²) < 4.78 is 5.74. The number of nitrogen functional groups attached to an aromatic ring is 1. The van der Waals surface area contributed by atoms with Crippen molar-refractivity contribution in [2.75, 3.05) is 37.9 Å². The van der Waals surface area contributed by atoms with E-state index >= 15 is 0 Å². The molecule has 1 saturated carbocycles. The van der Waals surface area contributed by atoms with Crippen molar-refractivity contribution in [3.63, 3.8) is 0 Å². The Balaban J connectivity index is 1.79. The van der Waals surface area contributed by atoms with Gasteiger partial charge < -0.3 is 20.3 Å². The lowest BCUT2D eigenvalue weighted by atomic mass is 10.1. The highest BCUT2D eigenvalue weighted by molar-refractivity contribution is 5.81. The second-order valence-electron chi connectivity index (χ2n) is 6.91. The molecule has 5 heteroatoms. The molecule has 23 heavy (non-hydrogen) atoms. The molecule has 0 unspecified atom stereocenters. The first-order valence-electron chi connectivity index (χ1n) is 8.50. The molecule has 0 spiro atoms. The lowest BCUT2D eigenvalue weighted by Crippen LogP contribution is -2.38. The van der Waals surface area contributed by atoms with Crippen LogP contribution in [-0.2, 0) is 16.1 Å². The van der Waals surface area contributed by atoms with Gasteiger partial charge in [0.15, 0.2) is 0 Å². The third-order valence-corrected chi connectivity index (χ3v) is 4.63. The molecule has 5 nitrogen and oxygen atoms in total. The Morgan fingerprint density at radius 3 is 2.70 bits per heavy atom. The maximum Gasteiger partial charge on any atom is 0.226 e. The number of anilines is 2. The third-order valence-electron chi connectivity index (χ3n) is 4.63. The fourth-order valence-electron chi connectivity index (χ4n) is 3.23. The molecule has 2 aliphatic rings. The smallest absolute Gasteiger partial charge is 0.226 e. The molecule has 1 aliphatic heterocycles. The normalized spacial score (nSPS) is 20.5. The molecule has 0 radical (unpaired) electrons. The van der Waals surface area contributed by atoms with Crippen LogP contribution in [0.1, 0.15) is 31.2 Å². The van der Waals surface area contributed by atoms with E-state index in [0.29, 0.717) is 13.1 Å². The van der Waals surface area contributed by atoms with Gasteiger partial charge in [-0.05, 0) is 49.4 Å². The number of benzene rings is 1. The summed E-state index contributed by atoms with van der Waals surface area (Å²) in [5.74, 6) is 0.493. The lowest BCUT2D eigenvalue weighted by Gasteiger charge is -2.28. The van der Waals surface area contributed by atoms with Crippen molar-refractivity contribution >= 4 is 17.3 Å². The Morgan fingerprint density at radius 2 is 2.09 bits per heavy atom. The van der Waals surface area contributed by atoms with E-state index in [4.69, 9.17) is 10.5 Å². The summed E-state index contributed by atoms with van der Waals surface area (Å²) in [6.07, 6.45) is 4.38. The van der Waals surface area contributed by atoms with Gasteiger partial charge in [-0.25, -0.2) is 0 Å². The van der Waals surface area contributed by atoms with Crippen LogP contribution < -0.4 is 10.6 Å². The van der Waals surface area contributed by atoms with Gasteiger partial charge in [0.1, 0.15) is 0 Å². The van der Waals surface area contributed by atoms with Crippen LogP contribution in [-0.4, -0.2) is 44.2 Å². The quantitative estimate of drug-likeness (QED) is 0.818. The van der Waals surface area contributed by atoms with E-state index in [9.17, 15) is 4.79 Å². The van der Waals surface area contributed by atoms with Crippen molar-refractivity contribution in [1.29, 1.82) is 0 Å². The molecule has 2 N–H and O–H groups in total. The summed E-state index contributed by atoms with van der Waals surface area (Å²) in [4.78, 5) is 16.7. The average Bonchev–Trinajstić information content (AvgIpc) is 3.23. The third kappa shape index (κ3) is 3.96. The van der Waals surface area contributed by atoms with E-state index < -0.39 is 0 Å². The monoisotopic (exact) mass is 317 g/mol. The molecular weight excluding hydrogens is 290 g/mol. The highest BCUT2D eigenvalue weighted by atomic mass is 16.5. The second kappa shape index (κ2) is 6.79. The van der Waals surface area contributed by atoms with Crippen LogP contribution in [0.4, 0.5) is 11.4 Å². The molecule has 126 valence electrons. The van der Waals surface area contributed by atoms with Crippen LogP contribution in [0.25, 0.3) is 0 Å². The van der Waals surface area contributed by atoms with Gasteiger partial charge in [-0.15, -0.1) is 0 Å². The van der Waals surface area contributed by atoms with Gasteiger partial charge in [-0.1, -0.05) is 0 Å². The summed E-state index contributed by atoms with van der Waals surface area (Å²) in [6, 6.07) is 5.92. The van der Waals surface area contributed by atoms with E-state index in [2.05, 4.69) is 4.90 Å². The molecular formula is C18H27N3O2. The Morgan fingerprint density at radius 1 is 1.30 bits per heavy atom. The SMILES string of the molecule is CN(C)c1ccc(N)cc1CN(C[C@H]1CCCO1)C(=O)C1CC1. The van der Waals surface area contributed by atoms with E-state index in [0.717, 1.165) is 49.2 Å². The van der Waals surface area contributed by atoms with Crippen LogP contribution in [0.5, 0.6) is 0 Å². The molecule has 1 aromatic carbocycles. The zero-order valence-corrected chi connectivity index (χ0v) is 14.1. The van der Waals surface area contributed by atoms with Crippen LogP contribution in [0.2, 0.25) is 0 Å². The maximum atomic E-state index is 12.7. The molecule has 1 atom stereocenters. The van der Waals surface area contributed by atoms with Gasteiger partial charge in [0.2, 0.25) is 5.91 Å². The summed E-state index contributed by atoms with van der Waals surface area (Å²) >= 11 is 0. The fraction of sp³-hybridized carbons (Fsp3) is 0.611. The lowest BCUT2D eigenvalue weighted by molar-refractivity contribution is -0.134. The number of hydrogen-bond acceptors (Lipinski definition) is 4. The Labute approximate surface area is 138 Å². The first-order valence-corrected chi connectivity index (χ1v) is 8.50. The number of nitrogens with zero attached hydrogens (tertiary/aromatic N) is 2. The number of hydrogen-bond donors (Lipinski definition) is 1. The minimum absolute atomic E-state index is 0.182. The predicted octanol–water partition coefficient (Wildman–Crippen LogP) is 2.25. The number of amides is 1. The van der Waals surface area contributed by atoms with Crippen LogP contribution in [0.15, 0.2) is 18.2 Å². The molecule has 0 aromatic heterocycles. The first kappa shape index (κ1) is 16.1. The topological polar surface area (TPSA) is 58.8 Å². The van der Waals surface area contributed by atoms with E-state index in [1.165, 1.54) is 0 Å². The minimum Gasteiger partial charge on any atom is -0.399 e. The van der Waals surface area contributed by atoms with Crippen LogP contribution in [0, 0.1) is 5.92 Å². The van der Waals surface area contributed by atoms with Crippen molar-refractivity contribution in [2.24, 2.45) is 5.92 Å². The molecule has 1 aliphatic carbocycles. The van der Waals surface area contributed by atoms with Crippen molar-refractivity contribution < 1.29 is 9.53 Å². The molecule has 0 bridgehead atoms. The van der Waals surface area contributed by atoms with Crippen LogP contribution in [0.3, 0.4) is 0 Å². The van der Waals surface area contributed by atoms with Crippen molar-refractivity contribution in [1.82, 2.24) is 4.90 Å². The maximum absolute atomic E-state index is 12.7. The number of ether oxygens (including phenoxy) is 1. The van der Waals surface area contributed by atoms with Crippen LogP contribution >= 0.6 is 0 Å². The summed E-state index contributed by atoms with van der Waals surface area (Å²) in [5.41, 5.74) is 8.92. The summed E-state index contributed by atoms with van der Waals surface area (Å²) in [6.45, 7) is 2.11. The van der Waals surface area contributed by atoms with E-state index in [-0.39, 0.29) is 17.9 Å². The van der Waals surface area contributed by atoms with E-state index in [1.807, 2.05) is 37.2 Å². The largest absolute Gasteiger partial charge is 0.399 e. The van der Waals surface area contributed by atoms with Gasteiger partial charge in [-0.3, -0.25) is 4.79 Å². The molecule has 1 aromatic rings. The summed E-state index contributed by atoms with van der Waals surface area (Å²) in [5, 5.41) is 0. The predicted molar refractivity (Wildman–Crippen MR) is 92.3 cm³/mol. The standard InChI is InChI=1S/C18H27N3O2/c1-20(2)17-8-7-15(19)10-14(17)11-21(18(22)13-5-6-13)12-16-4-3-9-23-16/h7-8,10,13,16H,3-6,9,11-12,19H2,1-2H3/t16-/m1/s1. The zero-order valence-electron chi connectivity index (χ0n) is 14.1. The minimum atomic E-state index is 0.182. The van der Waals surface area contributed by atoms with Gasteiger partial charge in [0.05, 0.1) is 6.10 Å². The summed E-state index contributed by atoms with van der Waals surface area (Å²) in [7, 11) is 4.03. The Bertz CT molecular complexity index is 563. The number of carbonyl (C=O) groups is 1. The van der Waals surface area contributed by atoms with Crippen molar-refractivity contribution in [3.8, 4) is 0 Å². The van der Waals surface area contributed by atoms with Crippen molar-refractivity contribution in [2.45, 2.75) is 38.3 Å². The highest BCUT2D eigenvalue weighted by Crippen LogP contribution is 2.33. The Hall–Kier alpha value is -1.75. The van der Waals surface area contributed by atoms with Gasteiger partial charge in [-0.2, -0.15) is 0 Å². The first-order chi connectivity index (χ1) is 11.0. The number of nitrogens with two attached hydrogens (primary N) is 1. The molecule has 1 amide bonds. The van der Waals surface area contributed by atoms with E-state index in [1.54, 1.807) is 0 Å². The van der Waals surface area contributed by atoms with Crippen molar-refractivity contribution in [3.05, 3.63) is 23.8 Å². The van der Waals surface area contributed by atoms with Gasteiger partial charge in [0, 0.05) is 51.1 Å². The molecule has 3 rings (SSSR count). The molecule has 2 fully saturated rings. The number of rotatable bonds is 6. The Kier molecular flexibility index (Phi) is 4.76. The second-order valence-corrected chi connectivity index (χ2v) is 6.91. The number of carbonyl (C=O) groups excluding carboxylic acids is 1. The fourth-order valence-corrected chi connectivity index (χ4v) is 3.23. The zero-order chi connectivity index (χ0) is 16.4. The molecule has 1 saturated heterocycles. The average molecular weight is 317 g/mol.